The van der Waals surface area contributed by atoms with Gasteiger partial charge in [-0.1, -0.05) is 23.7 Å². The highest BCUT2D eigenvalue weighted by Crippen LogP contribution is 2.27. The van der Waals surface area contributed by atoms with E-state index in [1.807, 2.05) is 24.3 Å². The Balaban J connectivity index is 1.44. The van der Waals surface area contributed by atoms with Crippen LogP contribution in [0, 0.1) is 0 Å². The molecule has 3 N–H and O–H groups in total. The van der Waals surface area contributed by atoms with Crippen LogP contribution < -0.4 is 16.2 Å². The van der Waals surface area contributed by atoms with Crippen LogP contribution in [0.25, 0.3) is 16.7 Å². The maximum Gasteiger partial charge on any atom is 0.262 e. The number of hydrogen-bond acceptors (Lipinski definition) is 6. The molecule has 0 bridgehead atoms. The fourth-order valence-electron chi connectivity index (χ4n) is 4.57. The molecule has 2 saturated heterocycles. The Morgan fingerprint density at radius 1 is 1.28 bits per heavy atom. The quantitative estimate of drug-likeness (QED) is 0.555. The molecular weight excluding hydrogens is 430 g/mol. The standard InChI is InChI=1S/C23H28ClN5O3/c1-15-11-26-19(12-32-15)16-2-4-17(5-3-16)29-20(24)10-18-21(29)27-14-28(22(18)30)13-23(31)6-8-25-9-7-23/h2-5,10,14-15,19,25-26,31H,6-9,11-13H2,1H3/t15-,19-/m0/s1. The Morgan fingerprint density at radius 2 is 2.03 bits per heavy atom. The van der Waals surface area contributed by atoms with Crippen molar-refractivity contribution in [3.63, 3.8) is 0 Å². The third-order valence-electron chi connectivity index (χ3n) is 6.49. The number of benzene rings is 1. The molecule has 5 rings (SSSR count). The Hall–Kier alpha value is -2.23. The number of fused-ring (bicyclic) bond motifs is 1. The van der Waals surface area contributed by atoms with E-state index < -0.39 is 5.60 Å². The van der Waals surface area contributed by atoms with Gasteiger partial charge in [-0.25, -0.2) is 4.98 Å². The molecule has 0 aliphatic carbocycles. The average Bonchev–Trinajstić information content (AvgIpc) is 3.13. The van der Waals surface area contributed by atoms with Gasteiger partial charge < -0.3 is 20.5 Å². The third kappa shape index (κ3) is 4.09. The molecule has 2 fully saturated rings. The van der Waals surface area contributed by atoms with Gasteiger partial charge in [0.25, 0.3) is 5.56 Å². The molecule has 2 aliphatic rings. The molecule has 9 heteroatoms. The van der Waals surface area contributed by atoms with Crippen molar-refractivity contribution in [2.75, 3.05) is 26.2 Å². The van der Waals surface area contributed by atoms with Crippen molar-refractivity contribution < 1.29 is 9.84 Å². The number of rotatable bonds is 4. The molecule has 1 aromatic carbocycles. The lowest BCUT2D eigenvalue weighted by atomic mass is 9.92. The van der Waals surface area contributed by atoms with E-state index in [0.717, 1.165) is 30.9 Å². The zero-order chi connectivity index (χ0) is 22.3. The minimum atomic E-state index is -0.902. The van der Waals surface area contributed by atoms with Crippen LogP contribution in [-0.4, -0.2) is 57.2 Å². The van der Waals surface area contributed by atoms with Gasteiger partial charge in [-0.2, -0.15) is 0 Å². The minimum Gasteiger partial charge on any atom is -0.388 e. The predicted molar refractivity (Wildman–Crippen MR) is 124 cm³/mol. The Kier molecular flexibility index (Phi) is 5.81. The smallest absolute Gasteiger partial charge is 0.262 e. The number of aliphatic hydroxyl groups is 1. The fourth-order valence-corrected chi connectivity index (χ4v) is 4.85. The van der Waals surface area contributed by atoms with E-state index in [0.29, 0.717) is 35.6 Å². The van der Waals surface area contributed by atoms with Crippen molar-refractivity contribution in [3.05, 3.63) is 57.7 Å². The van der Waals surface area contributed by atoms with Crippen LogP contribution in [0.1, 0.15) is 31.4 Å². The van der Waals surface area contributed by atoms with Gasteiger partial charge in [0.1, 0.15) is 11.5 Å². The second kappa shape index (κ2) is 8.61. The monoisotopic (exact) mass is 457 g/mol. The summed E-state index contributed by atoms with van der Waals surface area (Å²) in [4.78, 5) is 17.7. The van der Waals surface area contributed by atoms with Gasteiger partial charge in [0.2, 0.25) is 0 Å². The molecule has 2 aliphatic heterocycles. The van der Waals surface area contributed by atoms with Gasteiger partial charge in [0.05, 0.1) is 36.3 Å². The second-order valence-corrected chi connectivity index (χ2v) is 9.28. The van der Waals surface area contributed by atoms with Gasteiger partial charge in [-0.3, -0.25) is 13.9 Å². The van der Waals surface area contributed by atoms with Crippen molar-refractivity contribution in [2.24, 2.45) is 0 Å². The van der Waals surface area contributed by atoms with Crippen LogP contribution in [0.3, 0.4) is 0 Å². The Morgan fingerprint density at radius 3 is 2.72 bits per heavy atom. The summed E-state index contributed by atoms with van der Waals surface area (Å²) in [6, 6.07) is 9.85. The Bertz CT molecular complexity index is 1160. The molecule has 170 valence electrons. The number of halogens is 1. The minimum absolute atomic E-state index is 0.156. The lowest BCUT2D eigenvalue weighted by molar-refractivity contribution is -0.00628. The molecule has 0 saturated carbocycles. The molecular formula is C23H28ClN5O3. The first-order chi connectivity index (χ1) is 15.4. The van der Waals surface area contributed by atoms with E-state index in [1.165, 1.54) is 10.9 Å². The number of aromatic nitrogens is 3. The van der Waals surface area contributed by atoms with Gasteiger partial charge in [0.15, 0.2) is 5.65 Å². The van der Waals surface area contributed by atoms with Gasteiger partial charge in [-0.15, -0.1) is 0 Å². The first kappa shape index (κ1) is 21.6. The van der Waals surface area contributed by atoms with Crippen LogP contribution in [0.4, 0.5) is 0 Å². The van der Waals surface area contributed by atoms with Gasteiger partial charge in [-0.05, 0) is 56.6 Å². The maximum atomic E-state index is 13.1. The summed E-state index contributed by atoms with van der Waals surface area (Å²) in [6.45, 7) is 5.21. The molecule has 32 heavy (non-hydrogen) atoms. The fraction of sp³-hybridized carbons (Fsp3) is 0.478. The van der Waals surface area contributed by atoms with Gasteiger partial charge in [0, 0.05) is 12.2 Å². The van der Waals surface area contributed by atoms with Crippen molar-refractivity contribution in [2.45, 2.75) is 44.1 Å². The first-order valence-corrected chi connectivity index (χ1v) is 11.5. The van der Waals surface area contributed by atoms with E-state index in [-0.39, 0.29) is 24.2 Å². The zero-order valence-corrected chi connectivity index (χ0v) is 18.8. The van der Waals surface area contributed by atoms with Gasteiger partial charge >= 0.3 is 0 Å². The molecule has 3 aromatic rings. The second-order valence-electron chi connectivity index (χ2n) is 8.89. The summed E-state index contributed by atoms with van der Waals surface area (Å²) in [6.07, 6.45) is 2.94. The molecule has 2 atom stereocenters. The van der Waals surface area contributed by atoms with Crippen LogP contribution in [0.5, 0.6) is 0 Å². The summed E-state index contributed by atoms with van der Waals surface area (Å²) in [5.74, 6) is 0. The number of hydrogen-bond donors (Lipinski definition) is 3. The van der Waals surface area contributed by atoms with Crippen molar-refractivity contribution in [1.29, 1.82) is 0 Å². The average molecular weight is 458 g/mol. The molecule has 8 nitrogen and oxygen atoms in total. The van der Waals surface area contributed by atoms with Crippen molar-refractivity contribution in [3.8, 4) is 5.69 Å². The van der Waals surface area contributed by atoms with Crippen molar-refractivity contribution in [1.82, 2.24) is 24.8 Å². The summed E-state index contributed by atoms with van der Waals surface area (Å²) < 4.78 is 9.02. The Labute approximate surface area is 191 Å². The SMILES string of the molecule is C[C@H]1CN[C@H](c2ccc(-n3c(Cl)cc4c(=O)n(CC5(O)CCNCC5)cnc43)cc2)CO1. The van der Waals surface area contributed by atoms with E-state index in [9.17, 15) is 9.90 Å². The lowest BCUT2D eigenvalue weighted by Crippen LogP contribution is -2.46. The predicted octanol–water partition coefficient (Wildman–Crippen LogP) is 2.00. The highest BCUT2D eigenvalue weighted by Gasteiger charge is 2.30. The largest absolute Gasteiger partial charge is 0.388 e. The first-order valence-electron chi connectivity index (χ1n) is 11.1. The molecule has 4 heterocycles. The topological polar surface area (TPSA) is 93.3 Å². The third-order valence-corrected chi connectivity index (χ3v) is 6.77. The summed E-state index contributed by atoms with van der Waals surface area (Å²) in [7, 11) is 0. The van der Waals surface area contributed by atoms with E-state index >= 15 is 0 Å². The van der Waals surface area contributed by atoms with Crippen LogP contribution in [0.2, 0.25) is 5.15 Å². The van der Waals surface area contributed by atoms with E-state index in [4.69, 9.17) is 16.3 Å². The van der Waals surface area contributed by atoms with Crippen molar-refractivity contribution >= 4 is 22.6 Å². The number of nitrogens with zero attached hydrogens (tertiary/aromatic N) is 3. The molecule has 0 amide bonds. The summed E-state index contributed by atoms with van der Waals surface area (Å²) >= 11 is 6.54. The van der Waals surface area contributed by atoms with Crippen LogP contribution in [-0.2, 0) is 11.3 Å². The van der Waals surface area contributed by atoms with Crippen LogP contribution in [0.15, 0.2) is 41.5 Å². The molecule has 2 aromatic heterocycles. The van der Waals surface area contributed by atoms with Crippen LogP contribution >= 0.6 is 11.6 Å². The number of piperidine rings is 1. The molecule has 0 spiro atoms. The number of ether oxygens (including phenoxy) is 1. The maximum absolute atomic E-state index is 13.1. The summed E-state index contributed by atoms with van der Waals surface area (Å²) in [5.41, 5.74) is 1.38. The molecule has 0 radical (unpaired) electrons. The highest BCUT2D eigenvalue weighted by atomic mass is 35.5. The van der Waals surface area contributed by atoms with E-state index in [2.05, 4.69) is 22.5 Å². The lowest BCUT2D eigenvalue weighted by Gasteiger charge is -2.32. The molecule has 0 unspecified atom stereocenters. The highest BCUT2D eigenvalue weighted by molar-refractivity contribution is 6.31. The number of morpholine rings is 1. The summed E-state index contributed by atoms with van der Waals surface area (Å²) in [5, 5.41) is 18.4. The number of nitrogens with one attached hydrogen (secondary N) is 2. The van der Waals surface area contributed by atoms with E-state index in [1.54, 1.807) is 10.6 Å². The normalized spacial score (nSPS) is 23.5. The zero-order valence-electron chi connectivity index (χ0n) is 18.1.